The Hall–Kier alpha value is -1.88. The molecule has 0 aliphatic heterocycles. The van der Waals surface area contributed by atoms with Crippen molar-refractivity contribution in [2.75, 3.05) is 19.0 Å². The van der Waals surface area contributed by atoms with Crippen molar-refractivity contribution in [2.45, 2.75) is 25.7 Å². The number of anilines is 1. The number of carbonyl (C=O) groups excluding carboxylic acids is 2. The second-order valence-corrected chi connectivity index (χ2v) is 5.41. The maximum Gasteiger partial charge on any atom is 0.339 e. The Kier molecular flexibility index (Phi) is 5.33. The average molecular weight is 290 g/mol. The van der Waals surface area contributed by atoms with Gasteiger partial charge in [-0.2, -0.15) is 0 Å². The molecule has 0 spiro atoms. The van der Waals surface area contributed by atoms with E-state index in [-0.39, 0.29) is 17.7 Å². The van der Waals surface area contributed by atoms with Gasteiger partial charge >= 0.3 is 5.97 Å². The molecule has 1 aromatic carbocycles. The smallest absolute Gasteiger partial charge is 0.339 e. The van der Waals surface area contributed by atoms with Gasteiger partial charge in [-0.15, -0.1) is 0 Å². The van der Waals surface area contributed by atoms with Gasteiger partial charge in [-0.3, -0.25) is 4.79 Å². The lowest BCUT2D eigenvalue weighted by atomic mass is 9.78. The molecule has 0 bridgehead atoms. The molecule has 0 heterocycles. The van der Waals surface area contributed by atoms with Crippen LogP contribution in [0.25, 0.3) is 0 Å². The zero-order valence-corrected chi connectivity index (χ0v) is 12.3. The summed E-state index contributed by atoms with van der Waals surface area (Å²) in [6.45, 7) is 0.525. The molecule has 2 unspecified atom stereocenters. The van der Waals surface area contributed by atoms with Gasteiger partial charge in [0.25, 0.3) is 0 Å². The summed E-state index contributed by atoms with van der Waals surface area (Å²) in [6.07, 6.45) is 4.03. The Bertz CT molecular complexity index is 516. The molecule has 2 atom stereocenters. The summed E-state index contributed by atoms with van der Waals surface area (Å²) in [5.41, 5.74) is 6.64. The van der Waals surface area contributed by atoms with Gasteiger partial charge in [-0.1, -0.05) is 25.0 Å². The highest BCUT2D eigenvalue weighted by Crippen LogP contribution is 2.30. The molecule has 1 fully saturated rings. The van der Waals surface area contributed by atoms with E-state index in [1.807, 2.05) is 0 Å². The van der Waals surface area contributed by atoms with Gasteiger partial charge in [0.2, 0.25) is 5.91 Å². The number of ether oxygens (including phenoxy) is 1. The lowest BCUT2D eigenvalue weighted by Crippen LogP contribution is -2.36. The van der Waals surface area contributed by atoms with Crippen molar-refractivity contribution < 1.29 is 14.3 Å². The predicted octanol–water partition coefficient (Wildman–Crippen LogP) is 2.18. The third-order valence-electron chi connectivity index (χ3n) is 4.14. The molecule has 2 rings (SSSR count). The van der Waals surface area contributed by atoms with Crippen LogP contribution >= 0.6 is 0 Å². The summed E-state index contributed by atoms with van der Waals surface area (Å²) in [4.78, 5) is 24.2. The first-order chi connectivity index (χ1) is 10.2. The Morgan fingerprint density at radius 3 is 2.71 bits per heavy atom. The van der Waals surface area contributed by atoms with Crippen LogP contribution in [0.2, 0.25) is 0 Å². The second kappa shape index (κ2) is 7.22. The quantitative estimate of drug-likeness (QED) is 0.833. The molecule has 1 aliphatic carbocycles. The van der Waals surface area contributed by atoms with Crippen molar-refractivity contribution in [1.29, 1.82) is 0 Å². The van der Waals surface area contributed by atoms with Gasteiger partial charge in [0, 0.05) is 5.92 Å². The molecule has 5 nitrogen and oxygen atoms in total. The fraction of sp³-hybridized carbons (Fsp3) is 0.500. The van der Waals surface area contributed by atoms with E-state index in [9.17, 15) is 9.59 Å². The number of carbonyl (C=O) groups is 2. The normalized spacial score (nSPS) is 21.6. The Morgan fingerprint density at radius 1 is 1.29 bits per heavy atom. The Morgan fingerprint density at radius 2 is 2.00 bits per heavy atom. The number of amides is 1. The van der Waals surface area contributed by atoms with Crippen molar-refractivity contribution in [3.8, 4) is 0 Å². The lowest BCUT2D eigenvalue weighted by molar-refractivity contribution is -0.122. The second-order valence-electron chi connectivity index (χ2n) is 5.41. The number of benzene rings is 1. The summed E-state index contributed by atoms with van der Waals surface area (Å²) in [7, 11) is 1.33. The van der Waals surface area contributed by atoms with Crippen LogP contribution in [0.3, 0.4) is 0 Å². The first-order valence-electron chi connectivity index (χ1n) is 7.35. The van der Waals surface area contributed by atoms with Crippen LogP contribution in [0.5, 0.6) is 0 Å². The number of hydrogen-bond donors (Lipinski definition) is 2. The minimum absolute atomic E-state index is 0.0542. The fourth-order valence-corrected chi connectivity index (χ4v) is 2.94. The van der Waals surface area contributed by atoms with E-state index in [2.05, 4.69) is 5.32 Å². The summed E-state index contributed by atoms with van der Waals surface area (Å²) >= 11 is 0. The minimum Gasteiger partial charge on any atom is -0.465 e. The fourth-order valence-electron chi connectivity index (χ4n) is 2.94. The van der Waals surface area contributed by atoms with Crippen LogP contribution in [0.15, 0.2) is 24.3 Å². The minimum atomic E-state index is -0.454. The average Bonchev–Trinajstić information content (AvgIpc) is 2.54. The molecule has 1 saturated carbocycles. The van der Waals surface area contributed by atoms with Crippen LogP contribution in [0.4, 0.5) is 5.69 Å². The number of methoxy groups -OCH3 is 1. The van der Waals surface area contributed by atoms with Crippen molar-refractivity contribution in [1.82, 2.24) is 0 Å². The van der Waals surface area contributed by atoms with E-state index >= 15 is 0 Å². The summed E-state index contributed by atoms with van der Waals surface area (Å²) in [5.74, 6) is -0.357. The topological polar surface area (TPSA) is 81.4 Å². The zero-order chi connectivity index (χ0) is 15.2. The summed E-state index contributed by atoms with van der Waals surface area (Å²) < 4.78 is 4.74. The lowest BCUT2D eigenvalue weighted by Gasteiger charge is -2.29. The molecule has 0 radical (unpaired) electrons. The molecule has 0 aromatic heterocycles. The number of esters is 1. The SMILES string of the molecule is COC(=O)c1ccccc1NC(=O)C1CCCCC1CN. The van der Waals surface area contributed by atoms with Crippen LogP contribution in [0.1, 0.15) is 36.0 Å². The van der Waals surface area contributed by atoms with E-state index in [4.69, 9.17) is 10.5 Å². The molecule has 1 aromatic rings. The first kappa shape index (κ1) is 15.5. The van der Waals surface area contributed by atoms with Crippen molar-refractivity contribution >= 4 is 17.6 Å². The number of para-hydroxylation sites is 1. The van der Waals surface area contributed by atoms with E-state index in [1.165, 1.54) is 7.11 Å². The third-order valence-corrected chi connectivity index (χ3v) is 4.14. The maximum absolute atomic E-state index is 12.5. The molecular weight excluding hydrogens is 268 g/mol. The van der Waals surface area contributed by atoms with E-state index in [1.54, 1.807) is 24.3 Å². The van der Waals surface area contributed by atoms with Gasteiger partial charge in [0.1, 0.15) is 0 Å². The van der Waals surface area contributed by atoms with Crippen molar-refractivity contribution in [3.05, 3.63) is 29.8 Å². The van der Waals surface area contributed by atoms with Crippen LogP contribution in [-0.4, -0.2) is 25.5 Å². The third kappa shape index (κ3) is 3.61. The van der Waals surface area contributed by atoms with Gasteiger partial charge in [0.15, 0.2) is 0 Å². The molecule has 21 heavy (non-hydrogen) atoms. The van der Waals surface area contributed by atoms with E-state index < -0.39 is 5.97 Å². The van der Waals surface area contributed by atoms with E-state index in [0.29, 0.717) is 17.8 Å². The summed E-state index contributed by atoms with van der Waals surface area (Å²) in [6, 6.07) is 6.88. The largest absolute Gasteiger partial charge is 0.465 e. The number of rotatable bonds is 4. The Balaban J connectivity index is 2.14. The Labute approximate surface area is 124 Å². The van der Waals surface area contributed by atoms with Crippen molar-refractivity contribution in [2.24, 2.45) is 17.6 Å². The van der Waals surface area contributed by atoms with Crippen LogP contribution in [0, 0.1) is 11.8 Å². The van der Waals surface area contributed by atoms with Gasteiger partial charge in [-0.05, 0) is 37.4 Å². The number of hydrogen-bond acceptors (Lipinski definition) is 4. The number of nitrogens with one attached hydrogen (secondary N) is 1. The molecular formula is C16H22N2O3. The van der Waals surface area contributed by atoms with Gasteiger partial charge in [0.05, 0.1) is 18.4 Å². The van der Waals surface area contributed by atoms with Crippen molar-refractivity contribution in [3.63, 3.8) is 0 Å². The monoisotopic (exact) mass is 290 g/mol. The summed E-state index contributed by atoms with van der Waals surface area (Å²) in [5, 5.41) is 2.86. The standard InChI is InChI=1S/C16H22N2O3/c1-21-16(20)13-8-4-5-9-14(13)18-15(19)12-7-3-2-6-11(12)10-17/h4-5,8-9,11-12H,2-3,6-7,10,17H2,1H3,(H,18,19). The molecule has 1 amide bonds. The molecule has 1 aliphatic rings. The van der Waals surface area contributed by atoms with E-state index in [0.717, 1.165) is 25.7 Å². The molecule has 5 heteroatoms. The number of nitrogens with two attached hydrogens (primary N) is 1. The van der Waals surface area contributed by atoms with Crippen LogP contribution in [-0.2, 0) is 9.53 Å². The highest BCUT2D eigenvalue weighted by atomic mass is 16.5. The molecule has 3 N–H and O–H groups in total. The van der Waals surface area contributed by atoms with Gasteiger partial charge < -0.3 is 15.8 Å². The van der Waals surface area contributed by atoms with Crippen LogP contribution < -0.4 is 11.1 Å². The molecule has 114 valence electrons. The zero-order valence-electron chi connectivity index (χ0n) is 12.3. The highest BCUT2D eigenvalue weighted by Gasteiger charge is 2.30. The maximum atomic E-state index is 12.5. The highest BCUT2D eigenvalue weighted by molar-refractivity contribution is 6.01. The predicted molar refractivity (Wildman–Crippen MR) is 80.9 cm³/mol. The molecule has 0 saturated heterocycles. The first-order valence-corrected chi connectivity index (χ1v) is 7.35. The van der Waals surface area contributed by atoms with Gasteiger partial charge in [-0.25, -0.2) is 4.79 Å².